The van der Waals surface area contributed by atoms with Crippen molar-refractivity contribution < 1.29 is 18.6 Å². The van der Waals surface area contributed by atoms with Crippen LogP contribution in [0.2, 0.25) is 0 Å². The predicted molar refractivity (Wildman–Crippen MR) is 111 cm³/mol. The van der Waals surface area contributed by atoms with Crippen molar-refractivity contribution in [1.29, 1.82) is 0 Å². The van der Waals surface area contributed by atoms with Crippen LogP contribution in [-0.4, -0.2) is 57.6 Å². The van der Waals surface area contributed by atoms with Gasteiger partial charge < -0.3 is 24.8 Å². The molecule has 3 atom stereocenters. The molecule has 1 fully saturated rings. The number of hydrogen-bond donors (Lipinski definition) is 2. The van der Waals surface area contributed by atoms with Gasteiger partial charge in [-0.2, -0.15) is 0 Å². The van der Waals surface area contributed by atoms with Crippen LogP contribution in [0.1, 0.15) is 20.3 Å². The Balaban J connectivity index is 0.00000338. The van der Waals surface area contributed by atoms with Crippen LogP contribution in [0.25, 0.3) is 0 Å². The third-order valence-corrected chi connectivity index (χ3v) is 3.80. The van der Waals surface area contributed by atoms with Gasteiger partial charge in [0.05, 0.1) is 25.9 Å². The van der Waals surface area contributed by atoms with Gasteiger partial charge in [-0.15, -0.1) is 24.0 Å². The average Bonchev–Trinajstić information content (AvgIpc) is 3.12. The van der Waals surface area contributed by atoms with Crippen LogP contribution < -0.4 is 15.4 Å². The maximum Gasteiger partial charge on any atom is 0.191 e. The molecule has 148 valence electrons. The minimum atomic E-state index is -0.362. The Labute approximate surface area is 171 Å². The highest BCUT2D eigenvalue weighted by Gasteiger charge is 2.17. The van der Waals surface area contributed by atoms with Crippen molar-refractivity contribution in [1.82, 2.24) is 10.6 Å². The molecule has 6 nitrogen and oxygen atoms in total. The van der Waals surface area contributed by atoms with E-state index in [0.717, 1.165) is 13.0 Å². The largest absolute Gasteiger partial charge is 0.486 e. The van der Waals surface area contributed by atoms with E-state index >= 15 is 0 Å². The Morgan fingerprint density at radius 3 is 2.81 bits per heavy atom. The monoisotopic (exact) mass is 481 g/mol. The molecule has 3 unspecified atom stereocenters. The summed E-state index contributed by atoms with van der Waals surface area (Å²) in [6.07, 6.45) is 0.927. The zero-order chi connectivity index (χ0) is 18.1. The summed E-state index contributed by atoms with van der Waals surface area (Å²) in [7, 11) is 1.70. The number of nitrogens with zero attached hydrogens (tertiary/aromatic N) is 1. The summed E-state index contributed by atoms with van der Waals surface area (Å²) in [6, 6.07) is 6.49. The standard InChI is InChI=1S/C18H28FN3O3.HI/c1-13(11-24-15-8-9-23-12-15)22-18(20-3)21-10-14(2)25-17-7-5-4-6-16(17)19;/h4-7,13-15H,8-12H2,1-3H3,(H2,20,21,22);1H. The lowest BCUT2D eigenvalue weighted by molar-refractivity contribution is 0.0347. The van der Waals surface area contributed by atoms with Crippen molar-refractivity contribution in [2.24, 2.45) is 4.99 Å². The predicted octanol–water partition coefficient (Wildman–Crippen LogP) is 2.57. The highest BCUT2D eigenvalue weighted by atomic mass is 127. The van der Waals surface area contributed by atoms with Gasteiger partial charge in [0.15, 0.2) is 17.5 Å². The fourth-order valence-corrected chi connectivity index (χ4v) is 2.43. The van der Waals surface area contributed by atoms with Gasteiger partial charge >= 0.3 is 0 Å². The third-order valence-electron chi connectivity index (χ3n) is 3.80. The number of nitrogens with one attached hydrogen (secondary N) is 2. The Bertz CT molecular complexity index is 556. The molecule has 0 bridgehead atoms. The Morgan fingerprint density at radius 2 is 2.15 bits per heavy atom. The van der Waals surface area contributed by atoms with Crippen molar-refractivity contribution >= 4 is 29.9 Å². The van der Waals surface area contributed by atoms with Gasteiger partial charge in [0.1, 0.15) is 6.10 Å². The number of rotatable bonds is 8. The van der Waals surface area contributed by atoms with Gasteiger partial charge in [0.25, 0.3) is 0 Å². The molecule has 0 radical (unpaired) electrons. The van der Waals surface area contributed by atoms with Crippen LogP contribution >= 0.6 is 24.0 Å². The van der Waals surface area contributed by atoms with Gasteiger partial charge in [0.2, 0.25) is 0 Å². The lowest BCUT2D eigenvalue weighted by atomic mass is 10.3. The summed E-state index contributed by atoms with van der Waals surface area (Å²) >= 11 is 0. The Kier molecular flexibility index (Phi) is 10.8. The van der Waals surface area contributed by atoms with Gasteiger partial charge in [-0.3, -0.25) is 4.99 Å². The Hall–Kier alpha value is -1.13. The topological polar surface area (TPSA) is 64.1 Å². The third kappa shape index (κ3) is 8.05. The van der Waals surface area contributed by atoms with E-state index in [1.807, 2.05) is 13.8 Å². The first-order valence-electron chi connectivity index (χ1n) is 8.66. The number of guanidine groups is 1. The second kappa shape index (κ2) is 12.3. The summed E-state index contributed by atoms with van der Waals surface area (Å²) in [5.74, 6) is 0.543. The average molecular weight is 481 g/mol. The van der Waals surface area contributed by atoms with Crippen molar-refractivity contribution in [3.05, 3.63) is 30.1 Å². The molecule has 8 heteroatoms. The zero-order valence-corrected chi connectivity index (χ0v) is 17.9. The lowest BCUT2D eigenvalue weighted by Crippen LogP contribution is -2.46. The van der Waals surface area contributed by atoms with Crippen LogP contribution in [0.3, 0.4) is 0 Å². The second-order valence-corrected chi connectivity index (χ2v) is 6.18. The smallest absolute Gasteiger partial charge is 0.191 e. The van der Waals surface area contributed by atoms with Crippen molar-refractivity contribution in [2.75, 3.05) is 33.4 Å². The number of hydrogen-bond acceptors (Lipinski definition) is 4. The van der Waals surface area contributed by atoms with Crippen LogP contribution in [-0.2, 0) is 9.47 Å². The number of ether oxygens (including phenoxy) is 3. The summed E-state index contributed by atoms with van der Waals surface area (Å²) < 4.78 is 30.3. The van der Waals surface area contributed by atoms with E-state index in [2.05, 4.69) is 15.6 Å². The molecule has 0 aliphatic carbocycles. The van der Waals surface area contributed by atoms with Crippen LogP contribution in [0.4, 0.5) is 4.39 Å². The molecule has 0 amide bonds. The van der Waals surface area contributed by atoms with E-state index in [9.17, 15) is 4.39 Å². The fraction of sp³-hybridized carbons (Fsp3) is 0.611. The Morgan fingerprint density at radius 1 is 1.38 bits per heavy atom. The zero-order valence-electron chi connectivity index (χ0n) is 15.5. The molecule has 1 heterocycles. The normalized spacial score (nSPS) is 19.4. The highest BCUT2D eigenvalue weighted by Crippen LogP contribution is 2.16. The summed E-state index contributed by atoms with van der Waals surface area (Å²) in [6.45, 7) is 6.43. The van der Waals surface area contributed by atoms with E-state index in [1.54, 1.807) is 25.2 Å². The summed E-state index contributed by atoms with van der Waals surface area (Å²) in [4.78, 5) is 4.19. The summed E-state index contributed by atoms with van der Waals surface area (Å²) in [5.41, 5.74) is 0. The van der Waals surface area contributed by atoms with E-state index in [-0.39, 0.29) is 53.8 Å². The molecule has 1 aliphatic heterocycles. The molecule has 0 aromatic heterocycles. The fourth-order valence-electron chi connectivity index (χ4n) is 2.43. The highest BCUT2D eigenvalue weighted by molar-refractivity contribution is 14.0. The molecule has 0 spiro atoms. The maximum absolute atomic E-state index is 13.6. The number of aliphatic imine (C=N–C) groups is 1. The van der Waals surface area contributed by atoms with Crippen molar-refractivity contribution in [3.63, 3.8) is 0 Å². The van der Waals surface area contributed by atoms with Gasteiger partial charge in [0, 0.05) is 19.7 Å². The van der Waals surface area contributed by atoms with E-state index in [4.69, 9.17) is 14.2 Å². The van der Waals surface area contributed by atoms with E-state index in [1.165, 1.54) is 6.07 Å². The van der Waals surface area contributed by atoms with Gasteiger partial charge in [-0.1, -0.05) is 12.1 Å². The first-order valence-corrected chi connectivity index (χ1v) is 8.66. The maximum atomic E-state index is 13.6. The number of para-hydroxylation sites is 1. The minimum absolute atomic E-state index is 0. The van der Waals surface area contributed by atoms with E-state index in [0.29, 0.717) is 25.7 Å². The molecule has 0 saturated carbocycles. The van der Waals surface area contributed by atoms with Crippen LogP contribution in [0, 0.1) is 5.82 Å². The molecule has 2 rings (SSSR count). The SMILES string of the molecule is CN=C(NCC(C)Oc1ccccc1F)NC(C)COC1CCOC1.I. The number of benzene rings is 1. The lowest BCUT2D eigenvalue weighted by Gasteiger charge is -2.21. The molecular weight excluding hydrogens is 452 g/mol. The molecule has 1 aromatic rings. The van der Waals surface area contributed by atoms with Crippen molar-refractivity contribution in [3.8, 4) is 5.75 Å². The second-order valence-electron chi connectivity index (χ2n) is 6.18. The molecule has 1 aliphatic rings. The first kappa shape index (κ1) is 22.9. The molecule has 2 N–H and O–H groups in total. The minimum Gasteiger partial charge on any atom is -0.486 e. The van der Waals surface area contributed by atoms with E-state index < -0.39 is 0 Å². The van der Waals surface area contributed by atoms with Crippen LogP contribution in [0.5, 0.6) is 5.75 Å². The first-order chi connectivity index (χ1) is 12.1. The number of halogens is 2. The molecule has 1 saturated heterocycles. The van der Waals surface area contributed by atoms with Crippen molar-refractivity contribution in [2.45, 2.75) is 38.5 Å². The van der Waals surface area contributed by atoms with Gasteiger partial charge in [-0.25, -0.2) is 4.39 Å². The molecular formula is C18H29FIN3O3. The molecule has 26 heavy (non-hydrogen) atoms. The van der Waals surface area contributed by atoms with Gasteiger partial charge in [-0.05, 0) is 32.4 Å². The van der Waals surface area contributed by atoms with Crippen LogP contribution in [0.15, 0.2) is 29.3 Å². The summed E-state index contributed by atoms with van der Waals surface area (Å²) in [5, 5.41) is 6.44. The quantitative estimate of drug-likeness (QED) is 0.340. The molecule has 1 aromatic carbocycles.